The van der Waals surface area contributed by atoms with Gasteiger partial charge in [0.2, 0.25) is 11.6 Å². The van der Waals surface area contributed by atoms with Gasteiger partial charge in [0.25, 0.3) is 0 Å². The zero-order valence-corrected chi connectivity index (χ0v) is 19.2. The topological polar surface area (TPSA) is 76.2 Å². The summed E-state index contributed by atoms with van der Waals surface area (Å²) in [6.07, 6.45) is 5.81. The number of rotatable bonds is 4. The molecule has 2 atom stereocenters. The van der Waals surface area contributed by atoms with Gasteiger partial charge < -0.3 is 9.47 Å². The summed E-state index contributed by atoms with van der Waals surface area (Å²) >= 11 is 12.1. The number of piperidine rings is 2. The van der Waals surface area contributed by atoms with E-state index in [2.05, 4.69) is 4.90 Å². The molecule has 3 heterocycles. The summed E-state index contributed by atoms with van der Waals surface area (Å²) in [7, 11) is 0. The standard InChI is InChI=1S/C23H26Cl2N2O5/c24-17-7-6-16(13-18(17)25)14-20(28)27-12-4-5-19-23(27,15-26-10-2-1-3-11-26)32-22(30)9-8-21(29)31-19/h6-9,13,19H,1-5,10-12,14-15H2/b9-8+. The maximum atomic E-state index is 13.5. The molecule has 3 aliphatic heterocycles. The predicted molar refractivity (Wildman–Crippen MR) is 119 cm³/mol. The molecule has 0 bridgehead atoms. The zero-order chi connectivity index (χ0) is 22.7. The average molecular weight is 481 g/mol. The number of halogens is 2. The van der Waals surface area contributed by atoms with E-state index < -0.39 is 23.8 Å². The molecule has 2 saturated heterocycles. The fraction of sp³-hybridized carbons (Fsp3) is 0.522. The molecular weight excluding hydrogens is 455 g/mol. The minimum Gasteiger partial charge on any atom is -0.453 e. The lowest BCUT2D eigenvalue weighted by atomic mass is 9.91. The minimum atomic E-state index is -1.37. The summed E-state index contributed by atoms with van der Waals surface area (Å²) in [5.74, 6) is -1.48. The molecule has 0 aromatic heterocycles. The number of carbonyl (C=O) groups excluding carboxylic acids is 3. The molecule has 7 nitrogen and oxygen atoms in total. The Kier molecular flexibility index (Phi) is 7.08. The van der Waals surface area contributed by atoms with Crippen LogP contribution in [0.15, 0.2) is 30.4 Å². The monoisotopic (exact) mass is 480 g/mol. The number of ether oxygens (including phenoxy) is 2. The minimum absolute atomic E-state index is 0.0622. The zero-order valence-electron chi connectivity index (χ0n) is 17.7. The molecule has 2 unspecified atom stereocenters. The predicted octanol–water partition coefficient (Wildman–Crippen LogP) is 3.37. The van der Waals surface area contributed by atoms with Gasteiger partial charge >= 0.3 is 11.9 Å². The Morgan fingerprint density at radius 2 is 1.75 bits per heavy atom. The molecule has 9 heteroatoms. The molecule has 0 radical (unpaired) electrons. The van der Waals surface area contributed by atoms with Gasteiger partial charge in [0.1, 0.15) is 0 Å². The van der Waals surface area contributed by atoms with Crippen LogP contribution in [-0.4, -0.2) is 65.7 Å². The SMILES string of the molecule is O=C1/C=C/C(=O)OC2(CN3CCCCC3)C(CCCN2C(=O)Cc2ccc(Cl)c(Cl)c2)O1. The first-order chi connectivity index (χ1) is 15.4. The van der Waals surface area contributed by atoms with E-state index in [1.54, 1.807) is 23.1 Å². The van der Waals surface area contributed by atoms with Crippen molar-refractivity contribution in [3.8, 4) is 0 Å². The van der Waals surface area contributed by atoms with Crippen LogP contribution in [0.1, 0.15) is 37.7 Å². The highest BCUT2D eigenvalue weighted by atomic mass is 35.5. The van der Waals surface area contributed by atoms with E-state index in [0.29, 0.717) is 41.5 Å². The van der Waals surface area contributed by atoms with Crippen LogP contribution in [0.4, 0.5) is 0 Å². The molecule has 1 aromatic rings. The molecule has 2 fully saturated rings. The van der Waals surface area contributed by atoms with E-state index in [0.717, 1.165) is 44.5 Å². The number of esters is 2. The smallest absolute Gasteiger partial charge is 0.333 e. The fourth-order valence-corrected chi connectivity index (χ4v) is 5.05. The van der Waals surface area contributed by atoms with Gasteiger partial charge in [-0.2, -0.15) is 0 Å². The first kappa shape index (κ1) is 23.1. The van der Waals surface area contributed by atoms with Crippen LogP contribution in [0.2, 0.25) is 10.0 Å². The second-order valence-electron chi connectivity index (χ2n) is 8.47. The van der Waals surface area contributed by atoms with E-state index in [1.807, 2.05) is 0 Å². The molecule has 32 heavy (non-hydrogen) atoms. The van der Waals surface area contributed by atoms with Gasteiger partial charge in [0.05, 0.1) is 23.0 Å². The van der Waals surface area contributed by atoms with Gasteiger partial charge in [-0.15, -0.1) is 0 Å². The summed E-state index contributed by atoms with van der Waals surface area (Å²) in [6.45, 7) is 2.38. The quantitative estimate of drug-likeness (QED) is 0.614. The third-order valence-corrected chi connectivity index (χ3v) is 6.98. The first-order valence-electron chi connectivity index (χ1n) is 11.0. The number of amides is 1. The highest BCUT2D eigenvalue weighted by Crippen LogP contribution is 2.36. The molecule has 172 valence electrons. The number of hydrogen-bond donors (Lipinski definition) is 0. The van der Waals surface area contributed by atoms with Gasteiger partial charge in [0, 0.05) is 18.7 Å². The van der Waals surface area contributed by atoms with E-state index in [1.165, 1.54) is 0 Å². The van der Waals surface area contributed by atoms with Crippen molar-refractivity contribution in [2.75, 3.05) is 26.2 Å². The van der Waals surface area contributed by atoms with E-state index in [-0.39, 0.29) is 12.3 Å². The summed E-state index contributed by atoms with van der Waals surface area (Å²) in [5.41, 5.74) is -0.672. The Morgan fingerprint density at radius 1 is 1.00 bits per heavy atom. The van der Waals surface area contributed by atoms with Crippen molar-refractivity contribution in [1.82, 2.24) is 9.80 Å². The van der Waals surface area contributed by atoms with Gasteiger partial charge in [0.15, 0.2) is 6.10 Å². The lowest BCUT2D eigenvalue weighted by Gasteiger charge is -2.51. The Hall–Kier alpha value is -2.09. The van der Waals surface area contributed by atoms with Crippen molar-refractivity contribution >= 4 is 41.0 Å². The van der Waals surface area contributed by atoms with Gasteiger partial charge in [-0.25, -0.2) is 9.59 Å². The lowest BCUT2D eigenvalue weighted by molar-refractivity contribution is -0.237. The number of likely N-dealkylation sites (tertiary alicyclic amines) is 2. The molecule has 4 rings (SSSR count). The Labute approximate surface area is 197 Å². The van der Waals surface area contributed by atoms with Crippen LogP contribution in [0.25, 0.3) is 0 Å². The number of nitrogens with zero attached hydrogens (tertiary/aromatic N) is 2. The number of fused-ring (bicyclic) bond motifs is 1. The number of benzene rings is 1. The van der Waals surface area contributed by atoms with Crippen LogP contribution < -0.4 is 0 Å². The van der Waals surface area contributed by atoms with E-state index >= 15 is 0 Å². The molecule has 0 saturated carbocycles. The number of hydrogen-bond acceptors (Lipinski definition) is 6. The maximum Gasteiger partial charge on any atom is 0.333 e. The van der Waals surface area contributed by atoms with Crippen molar-refractivity contribution in [1.29, 1.82) is 0 Å². The third kappa shape index (κ3) is 4.95. The lowest BCUT2D eigenvalue weighted by Crippen LogP contribution is -2.70. The van der Waals surface area contributed by atoms with E-state index in [9.17, 15) is 14.4 Å². The molecule has 1 amide bonds. The third-order valence-electron chi connectivity index (χ3n) is 6.24. The molecule has 0 spiro atoms. The van der Waals surface area contributed by atoms with Crippen LogP contribution in [0.5, 0.6) is 0 Å². The van der Waals surface area contributed by atoms with Gasteiger partial charge in [-0.05, 0) is 56.5 Å². The Morgan fingerprint density at radius 3 is 2.50 bits per heavy atom. The summed E-state index contributed by atoms with van der Waals surface area (Å²) in [5, 5.41) is 0.781. The van der Waals surface area contributed by atoms with Crippen LogP contribution in [0.3, 0.4) is 0 Å². The van der Waals surface area contributed by atoms with E-state index in [4.69, 9.17) is 32.7 Å². The van der Waals surface area contributed by atoms with Crippen LogP contribution in [0, 0.1) is 0 Å². The molecule has 0 N–H and O–H groups in total. The normalized spacial score (nSPS) is 27.6. The first-order valence-corrected chi connectivity index (χ1v) is 11.7. The molecule has 0 aliphatic carbocycles. The summed E-state index contributed by atoms with van der Waals surface area (Å²) < 4.78 is 11.7. The number of carbonyl (C=O) groups is 3. The highest BCUT2D eigenvalue weighted by molar-refractivity contribution is 6.42. The van der Waals surface area contributed by atoms with Gasteiger partial charge in [-0.1, -0.05) is 35.7 Å². The fourth-order valence-electron chi connectivity index (χ4n) is 4.73. The van der Waals surface area contributed by atoms with Crippen LogP contribution >= 0.6 is 23.2 Å². The summed E-state index contributed by atoms with van der Waals surface area (Å²) in [6, 6.07) is 5.06. The highest BCUT2D eigenvalue weighted by Gasteiger charge is 2.55. The molecule has 1 aromatic carbocycles. The van der Waals surface area contributed by atoms with Crippen LogP contribution in [-0.2, 0) is 30.3 Å². The van der Waals surface area contributed by atoms with Crippen molar-refractivity contribution in [2.45, 2.75) is 50.4 Å². The van der Waals surface area contributed by atoms with Crippen molar-refractivity contribution in [3.05, 3.63) is 46.0 Å². The Bertz CT molecular complexity index is 931. The second kappa shape index (κ2) is 9.81. The van der Waals surface area contributed by atoms with Gasteiger partial charge in [-0.3, -0.25) is 14.6 Å². The maximum absolute atomic E-state index is 13.5. The largest absolute Gasteiger partial charge is 0.453 e. The molecule has 3 aliphatic rings. The summed E-state index contributed by atoms with van der Waals surface area (Å²) in [4.78, 5) is 42.1. The van der Waals surface area contributed by atoms with Crippen molar-refractivity contribution in [2.24, 2.45) is 0 Å². The van der Waals surface area contributed by atoms with Crippen molar-refractivity contribution in [3.63, 3.8) is 0 Å². The van der Waals surface area contributed by atoms with Crippen molar-refractivity contribution < 1.29 is 23.9 Å². The second-order valence-corrected chi connectivity index (χ2v) is 9.29. The Balaban J connectivity index is 1.67. The average Bonchev–Trinajstić information content (AvgIpc) is 2.76. The molecular formula is C23H26Cl2N2O5.